The van der Waals surface area contributed by atoms with Gasteiger partial charge >= 0.3 is 0 Å². The molecule has 0 radical (unpaired) electrons. The monoisotopic (exact) mass is 225 g/mol. The Hall–Kier alpha value is -1.12. The highest BCUT2D eigenvalue weighted by atomic mass is 16.5. The SMILES string of the molecule is CC[C@H](CC#N)NC(=O)[C@H]1CN(C)CCO1. The summed E-state index contributed by atoms with van der Waals surface area (Å²) in [6.45, 7) is 4.02. The average molecular weight is 225 g/mol. The number of nitrogens with one attached hydrogen (secondary N) is 1. The number of carbonyl (C=O) groups is 1. The zero-order chi connectivity index (χ0) is 12.0. The van der Waals surface area contributed by atoms with Crippen molar-refractivity contribution in [1.82, 2.24) is 10.2 Å². The van der Waals surface area contributed by atoms with E-state index in [2.05, 4.69) is 16.3 Å². The lowest BCUT2D eigenvalue weighted by Gasteiger charge is -2.30. The topological polar surface area (TPSA) is 65.4 Å². The van der Waals surface area contributed by atoms with Gasteiger partial charge in [0.2, 0.25) is 0 Å². The molecule has 1 N–H and O–H groups in total. The van der Waals surface area contributed by atoms with Gasteiger partial charge in [-0.1, -0.05) is 6.92 Å². The fourth-order valence-corrected chi connectivity index (χ4v) is 1.64. The van der Waals surface area contributed by atoms with Gasteiger partial charge in [0.25, 0.3) is 5.91 Å². The maximum atomic E-state index is 11.8. The van der Waals surface area contributed by atoms with Crippen LogP contribution >= 0.6 is 0 Å². The van der Waals surface area contributed by atoms with Gasteiger partial charge in [-0.3, -0.25) is 4.79 Å². The van der Waals surface area contributed by atoms with Gasteiger partial charge in [0, 0.05) is 19.1 Å². The highest BCUT2D eigenvalue weighted by molar-refractivity contribution is 5.81. The van der Waals surface area contributed by atoms with Gasteiger partial charge in [-0.15, -0.1) is 0 Å². The van der Waals surface area contributed by atoms with E-state index in [1.54, 1.807) is 0 Å². The van der Waals surface area contributed by atoms with Crippen molar-refractivity contribution in [2.75, 3.05) is 26.7 Å². The van der Waals surface area contributed by atoms with Crippen LogP contribution in [-0.2, 0) is 9.53 Å². The Labute approximate surface area is 96.4 Å². The first-order valence-electron chi connectivity index (χ1n) is 5.64. The number of likely N-dealkylation sites (N-methyl/N-ethyl adjacent to an activating group) is 1. The molecule has 1 fully saturated rings. The van der Waals surface area contributed by atoms with Gasteiger partial charge in [-0.05, 0) is 13.5 Å². The molecular formula is C11H19N3O2. The molecule has 1 amide bonds. The van der Waals surface area contributed by atoms with E-state index < -0.39 is 6.10 Å². The summed E-state index contributed by atoms with van der Waals surface area (Å²) in [5, 5.41) is 11.4. The van der Waals surface area contributed by atoms with Gasteiger partial charge < -0.3 is 15.0 Å². The predicted molar refractivity (Wildman–Crippen MR) is 59.7 cm³/mol. The highest BCUT2D eigenvalue weighted by Crippen LogP contribution is 2.05. The fourth-order valence-electron chi connectivity index (χ4n) is 1.64. The molecule has 0 bridgehead atoms. The van der Waals surface area contributed by atoms with E-state index in [-0.39, 0.29) is 11.9 Å². The Morgan fingerprint density at radius 3 is 3.06 bits per heavy atom. The lowest BCUT2D eigenvalue weighted by atomic mass is 10.1. The van der Waals surface area contributed by atoms with E-state index in [4.69, 9.17) is 10.00 Å². The largest absolute Gasteiger partial charge is 0.366 e. The number of ether oxygens (including phenoxy) is 1. The van der Waals surface area contributed by atoms with Gasteiger partial charge in [0.15, 0.2) is 0 Å². The summed E-state index contributed by atoms with van der Waals surface area (Å²) in [5.41, 5.74) is 0. The summed E-state index contributed by atoms with van der Waals surface area (Å²) < 4.78 is 5.40. The fraction of sp³-hybridized carbons (Fsp3) is 0.818. The molecule has 1 rings (SSSR count). The Morgan fingerprint density at radius 2 is 2.50 bits per heavy atom. The van der Waals surface area contributed by atoms with E-state index in [9.17, 15) is 4.79 Å². The Bertz CT molecular complexity index is 275. The number of nitrogens with zero attached hydrogens (tertiary/aromatic N) is 2. The van der Waals surface area contributed by atoms with Gasteiger partial charge in [-0.25, -0.2) is 0 Å². The van der Waals surface area contributed by atoms with Gasteiger partial charge in [-0.2, -0.15) is 5.26 Å². The van der Waals surface area contributed by atoms with Gasteiger partial charge in [0.05, 0.1) is 19.1 Å². The summed E-state index contributed by atoms with van der Waals surface area (Å²) >= 11 is 0. The maximum absolute atomic E-state index is 11.8. The third-order valence-corrected chi connectivity index (χ3v) is 2.74. The number of hydrogen-bond acceptors (Lipinski definition) is 4. The van der Waals surface area contributed by atoms with Crippen LogP contribution < -0.4 is 5.32 Å². The molecule has 0 spiro atoms. The summed E-state index contributed by atoms with van der Waals surface area (Å²) in [4.78, 5) is 13.9. The molecule has 1 saturated heterocycles. The summed E-state index contributed by atoms with van der Waals surface area (Å²) in [6.07, 6.45) is 0.721. The minimum absolute atomic E-state index is 0.0617. The molecule has 1 heterocycles. The second-order valence-corrected chi connectivity index (χ2v) is 4.10. The van der Waals surface area contributed by atoms with Crippen LogP contribution in [0, 0.1) is 11.3 Å². The Kier molecular flexibility index (Phi) is 5.23. The number of nitriles is 1. The minimum Gasteiger partial charge on any atom is -0.366 e. The molecule has 1 aliphatic heterocycles. The average Bonchev–Trinajstić information content (AvgIpc) is 2.28. The first-order chi connectivity index (χ1) is 7.67. The first-order valence-corrected chi connectivity index (χ1v) is 5.64. The van der Waals surface area contributed by atoms with Crippen molar-refractivity contribution < 1.29 is 9.53 Å². The van der Waals surface area contributed by atoms with Crippen LogP contribution in [0.4, 0.5) is 0 Å². The maximum Gasteiger partial charge on any atom is 0.250 e. The number of rotatable bonds is 4. The van der Waals surface area contributed by atoms with Crippen LogP contribution in [0.3, 0.4) is 0 Å². The third kappa shape index (κ3) is 3.80. The lowest BCUT2D eigenvalue weighted by molar-refractivity contribution is -0.138. The number of amides is 1. The van der Waals surface area contributed by atoms with Crippen LogP contribution in [0.2, 0.25) is 0 Å². The highest BCUT2D eigenvalue weighted by Gasteiger charge is 2.25. The van der Waals surface area contributed by atoms with E-state index >= 15 is 0 Å². The van der Waals surface area contributed by atoms with Crippen molar-refractivity contribution in [2.45, 2.75) is 31.9 Å². The molecular weight excluding hydrogens is 206 g/mol. The third-order valence-electron chi connectivity index (χ3n) is 2.74. The number of hydrogen-bond donors (Lipinski definition) is 1. The quantitative estimate of drug-likeness (QED) is 0.738. The van der Waals surface area contributed by atoms with Crippen LogP contribution in [0.25, 0.3) is 0 Å². The summed E-state index contributed by atoms with van der Waals surface area (Å²) in [7, 11) is 1.97. The van der Waals surface area contributed by atoms with Crippen molar-refractivity contribution >= 4 is 5.91 Å². The summed E-state index contributed by atoms with van der Waals surface area (Å²) in [6, 6.07) is 2.01. The van der Waals surface area contributed by atoms with E-state index in [0.29, 0.717) is 19.6 Å². The van der Waals surface area contributed by atoms with E-state index in [1.807, 2.05) is 14.0 Å². The molecule has 16 heavy (non-hydrogen) atoms. The zero-order valence-corrected chi connectivity index (χ0v) is 9.90. The second-order valence-electron chi connectivity index (χ2n) is 4.10. The van der Waals surface area contributed by atoms with Crippen LogP contribution in [0.15, 0.2) is 0 Å². The molecule has 2 atom stereocenters. The van der Waals surface area contributed by atoms with Crippen molar-refractivity contribution in [2.24, 2.45) is 0 Å². The first kappa shape index (κ1) is 12.9. The zero-order valence-electron chi connectivity index (χ0n) is 9.90. The van der Waals surface area contributed by atoms with Crippen LogP contribution in [-0.4, -0.2) is 49.7 Å². The molecule has 0 aromatic heterocycles. The summed E-state index contributed by atoms with van der Waals surface area (Å²) in [5.74, 6) is -0.103. The molecule has 5 nitrogen and oxygen atoms in total. The molecule has 0 aromatic carbocycles. The number of morpholine rings is 1. The van der Waals surface area contributed by atoms with E-state index in [1.165, 1.54) is 0 Å². The molecule has 0 unspecified atom stereocenters. The van der Waals surface area contributed by atoms with Crippen LogP contribution in [0.5, 0.6) is 0 Å². The smallest absolute Gasteiger partial charge is 0.250 e. The number of carbonyl (C=O) groups excluding carboxylic acids is 1. The van der Waals surface area contributed by atoms with Crippen LogP contribution in [0.1, 0.15) is 19.8 Å². The second kappa shape index (κ2) is 6.46. The van der Waals surface area contributed by atoms with Gasteiger partial charge in [0.1, 0.15) is 6.10 Å². The molecule has 0 saturated carbocycles. The van der Waals surface area contributed by atoms with Crippen molar-refractivity contribution in [3.05, 3.63) is 0 Å². The van der Waals surface area contributed by atoms with Crippen molar-refractivity contribution in [3.63, 3.8) is 0 Å². The predicted octanol–water partition coefficient (Wildman–Crippen LogP) is 0.125. The molecule has 0 aromatic rings. The minimum atomic E-state index is -0.397. The normalized spacial score (nSPS) is 23.4. The lowest BCUT2D eigenvalue weighted by Crippen LogP contribution is -2.50. The standard InChI is InChI=1S/C11H19N3O2/c1-3-9(4-5-12)13-11(15)10-8-14(2)6-7-16-10/h9-10H,3-4,6-8H2,1-2H3,(H,13,15)/t9-,10-/m1/s1. The van der Waals surface area contributed by atoms with Crippen molar-refractivity contribution in [3.8, 4) is 6.07 Å². The molecule has 90 valence electrons. The molecule has 1 aliphatic rings. The Balaban J connectivity index is 2.41. The van der Waals surface area contributed by atoms with E-state index in [0.717, 1.165) is 13.0 Å². The molecule has 5 heteroatoms. The Morgan fingerprint density at radius 1 is 1.75 bits per heavy atom. The molecule has 0 aliphatic carbocycles. The van der Waals surface area contributed by atoms with Crippen molar-refractivity contribution in [1.29, 1.82) is 5.26 Å².